The minimum Gasteiger partial charge on any atom is -0.497 e. The van der Waals surface area contributed by atoms with Crippen LogP contribution in [0, 0.1) is 0 Å². The molecular weight excluding hydrogens is 486 g/mol. The summed E-state index contributed by atoms with van der Waals surface area (Å²) in [5.74, 6) is 0.257. The van der Waals surface area contributed by atoms with Crippen LogP contribution in [-0.4, -0.2) is 85.0 Å². The summed E-state index contributed by atoms with van der Waals surface area (Å²) in [6, 6.07) is 5.29. The molecule has 1 aromatic carbocycles. The molecule has 194 valence electrons. The third-order valence-electron chi connectivity index (χ3n) is 7.75. The molecule has 11 nitrogen and oxygen atoms in total. The van der Waals surface area contributed by atoms with Gasteiger partial charge in [0.25, 0.3) is 11.8 Å². The summed E-state index contributed by atoms with van der Waals surface area (Å²) in [5, 5.41) is 11.5. The van der Waals surface area contributed by atoms with E-state index in [9.17, 15) is 14.7 Å². The van der Waals surface area contributed by atoms with Crippen LogP contribution in [0.2, 0.25) is 0 Å². The molecule has 2 aliphatic heterocycles. The summed E-state index contributed by atoms with van der Waals surface area (Å²) in [6.45, 7) is 1.12. The van der Waals surface area contributed by atoms with Gasteiger partial charge in [0.1, 0.15) is 17.1 Å². The van der Waals surface area contributed by atoms with Gasteiger partial charge in [-0.15, -0.1) is 0 Å². The highest BCUT2D eigenvalue weighted by Crippen LogP contribution is 2.49. The maximum atomic E-state index is 13.7. The Balaban J connectivity index is 1.42. The Bertz CT molecular complexity index is 1480. The lowest BCUT2D eigenvalue weighted by Crippen LogP contribution is -2.56. The number of amides is 2. The fourth-order valence-corrected chi connectivity index (χ4v) is 5.89. The molecule has 38 heavy (non-hydrogen) atoms. The Morgan fingerprint density at radius 2 is 1.74 bits per heavy atom. The van der Waals surface area contributed by atoms with E-state index in [1.807, 2.05) is 18.2 Å². The van der Waals surface area contributed by atoms with Crippen LogP contribution in [0.15, 0.2) is 55.4 Å². The van der Waals surface area contributed by atoms with Crippen molar-refractivity contribution < 1.29 is 19.4 Å². The minimum absolute atomic E-state index is 0.159. The first-order valence-corrected chi connectivity index (χ1v) is 12.5. The van der Waals surface area contributed by atoms with Gasteiger partial charge in [0, 0.05) is 72.5 Å². The van der Waals surface area contributed by atoms with E-state index in [1.54, 1.807) is 16.9 Å². The Hall–Kier alpha value is -4.38. The molecule has 1 atom stereocenters. The van der Waals surface area contributed by atoms with Crippen LogP contribution >= 0.6 is 0 Å². The molecule has 2 aliphatic rings. The zero-order valence-corrected chi connectivity index (χ0v) is 20.9. The fraction of sp³-hybridized carbons (Fsp3) is 0.333. The highest BCUT2D eigenvalue weighted by molar-refractivity contribution is 5.94. The van der Waals surface area contributed by atoms with E-state index in [0.717, 1.165) is 22.2 Å². The average Bonchev–Trinajstić information content (AvgIpc) is 3.37. The third kappa shape index (κ3) is 3.86. The third-order valence-corrected chi connectivity index (χ3v) is 7.75. The number of hydrogen-bond donors (Lipinski definition) is 2. The molecular formula is C27H27N7O4. The van der Waals surface area contributed by atoms with Crippen molar-refractivity contribution in [3.05, 3.63) is 78.0 Å². The number of fused-ring (bicyclic) bond motifs is 4. The number of carbonyl (C=O) groups is 2. The van der Waals surface area contributed by atoms with E-state index >= 15 is 0 Å². The SMILES string of the molecule is COc1ccc2c3c([nH]c2c1)[C@H](CO)N(C(=O)c1cnccn1)CC31CCN(C(=O)c2cnccn2)CC1. The molecule has 0 saturated carbocycles. The number of methoxy groups -OCH3 is 1. The lowest BCUT2D eigenvalue weighted by atomic mass is 9.68. The molecule has 1 fully saturated rings. The Kier molecular flexibility index (Phi) is 5.99. The second-order valence-corrected chi connectivity index (χ2v) is 9.71. The first-order chi connectivity index (χ1) is 18.5. The van der Waals surface area contributed by atoms with Crippen molar-refractivity contribution in [3.8, 4) is 5.75 Å². The zero-order chi connectivity index (χ0) is 26.3. The molecule has 0 aliphatic carbocycles. The number of hydrogen-bond acceptors (Lipinski definition) is 8. The zero-order valence-electron chi connectivity index (χ0n) is 20.9. The smallest absolute Gasteiger partial charge is 0.274 e. The standard InChI is InChI=1S/C27H27N7O4/c1-38-17-2-3-18-19(12-17)32-24-22(15-35)34(26(37)21-14-29-7-9-31-21)16-27(23(18)24)4-10-33(11-5-27)25(36)20-13-28-6-8-30-20/h2-3,6-9,12-14,22,32,35H,4-5,10-11,15-16H2,1H3/t22-/m0/s1. The monoisotopic (exact) mass is 513 g/mol. The molecule has 2 amide bonds. The molecule has 2 N–H and O–H groups in total. The highest BCUT2D eigenvalue weighted by Gasteiger charge is 2.49. The van der Waals surface area contributed by atoms with E-state index < -0.39 is 11.5 Å². The lowest BCUT2D eigenvalue weighted by Gasteiger charge is -2.50. The van der Waals surface area contributed by atoms with Crippen LogP contribution in [0.4, 0.5) is 0 Å². The van der Waals surface area contributed by atoms with E-state index in [0.29, 0.717) is 43.9 Å². The summed E-state index contributed by atoms with van der Waals surface area (Å²) in [4.78, 5) is 50.2. The topological polar surface area (TPSA) is 137 Å². The Morgan fingerprint density at radius 3 is 2.34 bits per heavy atom. The Morgan fingerprint density at radius 1 is 1.05 bits per heavy atom. The number of carbonyl (C=O) groups excluding carboxylic acids is 2. The van der Waals surface area contributed by atoms with Crippen LogP contribution in [0.3, 0.4) is 0 Å². The number of benzene rings is 1. The molecule has 0 bridgehead atoms. The van der Waals surface area contributed by atoms with E-state index in [2.05, 4.69) is 24.9 Å². The second kappa shape index (κ2) is 9.49. The molecule has 1 saturated heterocycles. The van der Waals surface area contributed by atoms with Gasteiger partial charge in [-0.05, 0) is 30.5 Å². The molecule has 6 rings (SSSR count). The van der Waals surface area contributed by atoms with Gasteiger partial charge in [-0.3, -0.25) is 19.6 Å². The number of rotatable bonds is 4. The number of aliphatic hydroxyl groups is 1. The number of aromatic amines is 1. The molecule has 11 heteroatoms. The Labute approximate surface area is 218 Å². The number of likely N-dealkylation sites (tertiary alicyclic amines) is 1. The number of aliphatic hydroxyl groups excluding tert-OH is 1. The summed E-state index contributed by atoms with van der Waals surface area (Å²) in [6.07, 6.45) is 10.2. The van der Waals surface area contributed by atoms with Gasteiger partial charge in [0.15, 0.2) is 0 Å². The maximum absolute atomic E-state index is 13.7. The van der Waals surface area contributed by atoms with Gasteiger partial charge in [-0.2, -0.15) is 0 Å². The first kappa shape index (κ1) is 24.0. The van der Waals surface area contributed by atoms with Gasteiger partial charge in [0.05, 0.1) is 32.2 Å². The number of piperidine rings is 1. The summed E-state index contributed by atoms with van der Waals surface area (Å²) < 4.78 is 5.44. The molecule has 0 unspecified atom stereocenters. The second-order valence-electron chi connectivity index (χ2n) is 9.71. The van der Waals surface area contributed by atoms with Crippen LogP contribution in [0.1, 0.15) is 51.1 Å². The molecule has 4 aromatic rings. The van der Waals surface area contributed by atoms with Crippen molar-refractivity contribution in [2.45, 2.75) is 24.3 Å². The van der Waals surface area contributed by atoms with Crippen LogP contribution < -0.4 is 4.74 Å². The number of H-pyrrole nitrogens is 1. The quantitative estimate of drug-likeness (QED) is 0.423. The number of nitrogens with one attached hydrogen (secondary N) is 1. The van der Waals surface area contributed by atoms with Gasteiger partial charge >= 0.3 is 0 Å². The van der Waals surface area contributed by atoms with Crippen LogP contribution in [-0.2, 0) is 5.41 Å². The van der Waals surface area contributed by atoms with Crippen molar-refractivity contribution in [3.63, 3.8) is 0 Å². The first-order valence-electron chi connectivity index (χ1n) is 12.5. The van der Waals surface area contributed by atoms with Gasteiger partial charge in [-0.25, -0.2) is 9.97 Å². The molecule has 3 aromatic heterocycles. The molecule has 1 spiro atoms. The maximum Gasteiger partial charge on any atom is 0.274 e. The van der Waals surface area contributed by atoms with Crippen molar-refractivity contribution >= 4 is 22.7 Å². The number of ether oxygens (including phenoxy) is 1. The molecule has 5 heterocycles. The van der Waals surface area contributed by atoms with Crippen molar-refractivity contribution in [2.75, 3.05) is 33.4 Å². The van der Waals surface area contributed by atoms with E-state index in [1.165, 1.54) is 37.2 Å². The van der Waals surface area contributed by atoms with Gasteiger partial charge in [0.2, 0.25) is 0 Å². The lowest BCUT2D eigenvalue weighted by molar-refractivity contribution is 0.0320. The fourth-order valence-electron chi connectivity index (χ4n) is 5.89. The van der Waals surface area contributed by atoms with Gasteiger partial charge in [-0.1, -0.05) is 0 Å². The number of nitrogens with zero attached hydrogens (tertiary/aromatic N) is 6. The van der Waals surface area contributed by atoms with Crippen LogP contribution in [0.5, 0.6) is 5.75 Å². The number of aromatic nitrogens is 5. The summed E-state index contributed by atoms with van der Waals surface area (Å²) in [5.41, 5.74) is 2.85. The normalized spacial score (nSPS) is 18.4. The van der Waals surface area contributed by atoms with Gasteiger partial charge < -0.3 is 24.6 Å². The summed E-state index contributed by atoms with van der Waals surface area (Å²) >= 11 is 0. The predicted molar refractivity (Wildman–Crippen MR) is 137 cm³/mol. The van der Waals surface area contributed by atoms with Crippen molar-refractivity contribution in [2.24, 2.45) is 0 Å². The summed E-state index contributed by atoms with van der Waals surface area (Å²) in [7, 11) is 1.62. The molecule has 0 radical (unpaired) electrons. The van der Waals surface area contributed by atoms with Crippen LogP contribution in [0.25, 0.3) is 10.9 Å². The largest absolute Gasteiger partial charge is 0.497 e. The predicted octanol–water partition coefficient (Wildman–Crippen LogP) is 2.12. The van der Waals surface area contributed by atoms with Crippen molar-refractivity contribution in [1.82, 2.24) is 34.7 Å². The van der Waals surface area contributed by atoms with E-state index in [-0.39, 0.29) is 24.1 Å². The van der Waals surface area contributed by atoms with Crippen molar-refractivity contribution in [1.29, 1.82) is 0 Å². The highest BCUT2D eigenvalue weighted by atomic mass is 16.5. The van der Waals surface area contributed by atoms with E-state index in [4.69, 9.17) is 4.74 Å². The average molecular weight is 514 g/mol. The minimum atomic E-state index is -0.581.